The van der Waals surface area contributed by atoms with E-state index < -0.39 is 0 Å². The fourth-order valence-electron chi connectivity index (χ4n) is 3.12. The molecular weight excluding hydrogens is 288 g/mol. The van der Waals surface area contributed by atoms with Crippen molar-refractivity contribution in [3.05, 3.63) is 54.4 Å². The number of nitrogens with zero attached hydrogens (tertiary/aromatic N) is 2. The molecule has 4 heteroatoms. The predicted octanol–water partition coefficient (Wildman–Crippen LogP) is 4.14. The smallest absolute Gasteiger partial charge is 0.203 e. The number of aromatic hydroxyl groups is 1. The van der Waals surface area contributed by atoms with Gasteiger partial charge < -0.3 is 14.4 Å². The summed E-state index contributed by atoms with van der Waals surface area (Å²) in [4.78, 5) is 0. The van der Waals surface area contributed by atoms with Crippen LogP contribution in [-0.2, 0) is 7.05 Å². The summed E-state index contributed by atoms with van der Waals surface area (Å²) in [5.74, 6) is 0.964. The van der Waals surface area contributed by atoms with Gasteiger partial charge >= 0.3 is 0 Å². The van der Waals surface area contributed by atoms with Gasteiger partial charge in [0.25, 0.3) is 0 Å². The van der Waals surface area contributed by atoms with Crippen molar-refractivity contribution in [1.29, 1.82) is 0 Å². The second-order valence-corrected chi connectivity index (χ2v) is 5.86. The molecule has 0 aliphatic heterocycles. The molecule has 4 rings (SSSR count). The minimum absolute atomic E-state index is 0.228. The highest BCUT2D eigenvalue weighted by atomic mass is 16.5. The summed E-state index contributed by atoms with van der Waals surface area (Å²) in [6, 6.07) is 14.1. The number of hydrogen-bond donors (Lipinski definition) is 1. The van der Waals surface area contributed by atoms with Crippen molar-refractivity contribution in [2.24, 2.45) is 7.05 Å². The lowest BCUT2D eigenvalue weighted by Crippen LogP contribution is -1.92. The molecule has 0 aliphatic rings. The molecule has 2 heterocycles. The molecule has 116 valence electrons. The third-order valence-corrected chi connectivity index (χ3v) is 4.54. The number of methoxy groups -OCH3 is 1. The minimum Gasteiger partial charge on any atom is -0.497 e. The van der Waals surface area contributed by atoms with E-state index in [-0.39, 0.29) is 5.88 Å². The zero-order valence-corrected chi connectivity index (χ0v) is 13.4. The van der Waals surface area contributed by atoms with E-state index >= 15 is 0 Å². The van der Waals surface area contributed by atoms with Crippen LogP contribution < -0.4 is 4.74 Å². The quantitative estimate of drug-likeness (QED) is 0.604. The summed E-state index contributed by atoms with van der Waals surface area (Å²) in [6.45, 7) is 2.09. The van der Waals surface area contributed by atoms with Crippen molar-refractivity contribution in [3.8, 4) is 17.3 Å². The van der Waals surface area contributed by atoms with Crippen LogP contribution in [0, 0.1) is 6.92 Å². The topological polar surface area (TPSA) is 39.3 Å². The molecule has 2 aromatic carbocycles. The fraction of sp³-hybridized carbons (Fsp3) is 0.158. The molecule has 23 heavy (non-hydrogen) atoms. The molecule has 0 saturated carbocycles. The first kappa shape index (κ1) is 13.8. The van der Waals surface area contributed by atoms with Gasteiger partial charge in [0.05, 0.1) is 7.11 Å². The standard InChI is InChI=1S/C19H18N2O2/c1-12-8-14-9-15(5-7-18(14)20(12)2)21-11-13-4-6-16(23-3)10-17(13)19(21)22/h4-11,22H,1-3H3. The number of rotatable bonds is 2. The van der Waals surface area contributed by atoms with Gasteiger partial charge in [-0.05, 0) is 49.4 Å². The molecule has 0 radical (unpaired) electrons. The molecule has 0 saturated heterocycles. The zero-order chi connectivity index (χ0) is 16.1. The molecule has 2 aromatic heterocycles. The fourth-order valence-corrected chi connectivity index (χ4v) is 3.12. The van der Waals surface area contributed by atoms with Crippen LogP contribution in [0.25, 0.3) is 27.4 Å². The molecule has 4 aromatic rings. The number of aryl methyl sites for hydroxylation is 2. The molecule has 4 nitrogen and oxygen atoms in total. The van der Waals surface area contributed by atoms with E-state index in [1.807, 2.05) is 35.0 Å². The van der Waals surface area contributed by atoms with Crippen LogP contribution in [0.3, 0.4) is 0 Å². The molecule has 0 amide bonds. The SMILES string of the molecule is COc1ccc2cn(-c3ccc4c(c3)cc(C)n4C)c(O)c2c1. The summed E-state index contributed by atoms with van der Waals surface area (Å²) in [5, 5.41) is 13.5. The van der Waals surface area contributed by atoms with Crippen molar-refractivity contribution in [3.63, 3.8) is 0 Å². The van der Waals surface area contributed by atoms with Crippen molar-refractivity contribution in [1.82, 2.24) is 9.13 Å². The van der Waals surface area contributed by atoms with Gasteiger partial charge in [-0.25, -0.2) is 0 Å². The molecule has 0 spiro atoms. The van der Waals surface area contributed by atoms with Gasteiger partial charge in [0.2, 0.25) is 5.88 Å². The first-order chi connectivity index (χ1) is 11.1. The zero-order valence-electron chi connectivity index (χ0n) is 13.4. The van der Waals surface area contributed by atoms with E-state index in [0.29, 0.717) is 0 Å². The third kappa shape index (κ3) is 1.99. The van der Waals surface area contributed by atoms with Gasteiger partial charge in [0.1, 0.15) is 5.75 Å². The van der Waals surface area contributed by atoms with Gasteiger partial charge in [0.15, 0.2) is 0 Å². The van der Waals surface area contributed by atoms with Crippen LogP contribution in [0.4, 0.5) is 0 Å². The largest absolute Gasteiger partial charge is 0.497 e. The Morgan fingerprint density at radius 1 is 1.00 bits per heavy atom. The monoisotopic (exact) mass is 306 g/mol. The van der Waals surface area contributed by atoms with E-state index in [4.69, 9.17) is 4.74 Å². The maximum atomic E-state index is 10.6. The van der Waals surface area contributed by atoms with Crippen molar-refractivity contribution in [2.45, 2.75) is 6.92 Å². The highest BCUT2D eigenvalue weighted by Crippen LogP contribution is 2.33. The van der Waals surface area contributed by atoms with Crippen LogP contribution >= 0.6 is 0 Å². The van der Waals surface area contributed by atoms with Crippen LogP contribution in [0.5, 0.6) is 11.6 Å². The van der Waals surface area contributed by atoms with E-state index in [0.717, 1.165) is 27.6 Å². The normalized spacial score (nSPS) is 11.4. The molecule has 1 N–H and O–H groups in total. The van der Waals surface area contributed by atoms with Gasteiger partial charge in [-0.15, -0.1) is 0 Å². The van der Waals surface area contributed by atoms with Crippen molar-refractivity contribution >= 4 is 21.7 Å². The summed E-state index contributed by atoms with van der Waals surface area (Å²) < 4.78 is 9.22. The maximum absolute atomic E-state index is 10.6. The molecule has 0 atom stereocenters. The molecular formula is C19H18N2O2. The Kier molecular flexibility index (Phi) is 2.88. The van der Waals surface area contributed by atoms with E-state index in [1.165, 1.54) is 11.2 Å². The number of benzene rings is 2. The van der Waals surface area contributed by atoms with Gasteiger partial charge in [-0.1, -0.05) is 0 Å². The Balaban J connectivity index is 1.93. The second kappa shape index (κ2) is 4.81. The van der Waals surface area contributed by atoms with Gasteiger partial charge in [-0.2, -0.15) is 0 Å². The lowest BCUT2D eigenvalue weighted by molar-refractivity contribution is 0.414. The number of fused-ring (bicyclic) bond motifs is 2. The second-order valence-electron chi connectivity index (χ2n) is 5.86. The number of aromatic nitrogens is 2. The van der Waals surface area contributed by atoms with Crippen molar-refractivity contribution < 1.29 is 9.84 Å². The highest BCUT2D eigenvalue weighted by molar-refractivity contribution is 5.91. The maximum Gasteiger partial charge on any atom is 0.203 e. The summed E-state index contributed by atoms with van der Waals surface area (Å²) in [7, 11) is 3.69. The molecule has 0 bridgehead atoms. The Morgan fingerprint density at radius 3 is 2.61 bits per heavy atom. The van der Waals surface area contributed by atoms with Crippen LogP contribution in [0.15, 0.2) is 48.7 Å². The van der Waals surface area contributed by atoms with Crippen LogP contribution in [0.1, 0.15) is 5.69 Å². The van der Waals surface area contributed by atoms with Gasteiger partial charge in [-0.3, -0.25) is 4.57 Å². The lowest BCUT2D eigenvalue weighted by Gasteiger charge is -2.06. The van der Waals surface area contributed by atoms with Crippen LogP contribution in [0.2, 0.25) is 0 Å². The highest BCUT2D eigenvalue weighted by Gasteiger charge is 2.12. The van der Waals surface area contributed by atoms with E-state index in [1.54, 1.807) is 7.11 Å². The van der Waals surface area contributed by atoms with Crippen molar-refractivity contribution in [2.75, 3.05) is 7.11 Å². The summed E-state index contributed by atoms with van der Waals surface area (Å²) in [5.41, 5.74) is 3.34. The Bertz CT molecular complexity index is 1040. The average Bonchev–Trinajstić information content (AvgIpc) is 3.04. The predicted molar refractivity (Wildman–Crippen MR) is 92.7 cm³/mol. The van der Waals surface area contributed by atoms with Crippen LogP contribution in [-0.4, -0.2) is 21.4 Å². The number of ether oxygens (including phenoxy) is 1. The third-order valence-electron chi connectivity index (χ3n) is 4.54. The summed E-state index contributed by atoms with van der Waals surface area (Å²) >= 11 is 0. The van der Waals surface area contributed by atoms with Gasteiger partial charge in [0, 0.05) is 46.3 Å². The average molecular weight is 306 g/mol. The minimum atomic E-state index is 0.228. The van der Waals surface area contributed by atoms with E-state index in [2.05, 4.69) is 36.7 Å². The molecule has 0 aliphatic carbocycles. The first-order valence-corrected chi connectivity index (χ1v) is 7.53. The number of hydrogen-bond acceptors (Lipinski definition) is 2. The summed E-state index contributed by atoms with van der Waals surface area (Å²) in [6.07, 6.45) is 1.95. The first-order valence-electron chi connectivity index (χ1n) is 7.53. The lowest BCUT2D eigenvalue weighted by atomic mass is 10.2. The Morgan fingerprint density at radius 2 is 1.83 bits per heavy atom. The Hall–Kier alpha value is -2.88. The Labute approximate surface area is 134 Å². The molecule has 0 unspecified atom stereocenters. The van der Waals surface area contributed by atoms with E-state index in [9.17, 15) is 5.11 Å². The molecule has 0 fully saturated rings.